The molecule has 2 fully saturated rings. The van der Waals surface area contributed by atoms with E-state index in [1.807, 2.05) is 12.4 Å². The number of hydrogen-bond donors (Lipinski definition) is 2. The van der Waals surface area contributed by atoms with E-state index in [-0.39, 0.29) is 0 Å². The zero-order chi connectivity index (χ0) is 12.7. The summed E-state index contributed by atoms with van der Waals surface area (Å²) in [4.78, 5) is 10.1. The van der Waals surface area contributed by atoms with Crippen LogP contribution < -0.4 is 10.2 Å². The Balaban J connectivity index is 1.65. The number of rotatable bonds is 1. The van der Waals surface area contributed by atoms with Crippen molar-refractivity contribution in [3.05, 3.63) is 24.5 Å². The lowest BCUT2D eigenvalue weighted by Crippen LogP contribution is -2.50. The van der Waals surface area contributed by atoms with E-state index in [9.17, 15) is 0 Å². The quantitative estimate of drug-likeness (QED) is 0.822. The summed E-state index contributed by atoms with van der Waals surface area (Å²) in [6.07, 6.45) is 9.18. The summed E-state index contributed by atoms with van der Waals surface area (Å²) in [5.74, 6) is 0. The third-order valence-corrected chi connectivity index (χ3v) is 4.71. The highest BCUT2D eigenvalue weighted by Crippen LogP contribution is 2.34. The molecule has 1 spiro atoms. The van der Waals surface area contributed by atoms with Crippen molar-refractivity contribution in [3.63, 3.8) is 0 Å². The van der Waals surface area contributed by atoms with Crippen LogP contribution >= 0.6 is 0 Å². The number of aromatic amines is 1. The Hall–Kier alpha value is -1.55. The molecule has 0 amide bonds. The van der Waals surface area contributed by atoms with Gasteiger partial charge in [-0.2, -0.15) is 0 Å². The van der Waals surface area contributed by atoms with Gasteiger partial charge in [0.25, 0.3) is 0 Å². The molecule has 0 saturated carbocycles. The fourth-order valence-corrected chi connectivity index (χ4v) is 3.68. The summed E-state index contributed by atoms with van der Waals surface area (Å²) in [6.45, 7) is 3.47. The Kier molecular flexibility index (Phi) is 2.52. The van der Waals surface area contributed by atoms with Gasteiger partial charge in [0.2, 0.25) is 0 Å². The van der Waals surface area contributed by atoms with Crippen LogP contribution in [0.2, 0.25) is 0 Å². The number of fused-ring (bicyclic) bond motifs is 1. The molecule has 0 bridgehead atoms. The number of nitrogens with zero attached hydrogens (tertiary/aromatic N) is 2. The van der Waals surface area contributed by atoms with Crippen molar-refractivity contribution in [3.8, 4) is 0 Å². The van der Waals surface area contributed by atoms with Crippen LogP contribution in [-0.4, -0.2) is 35.1 Å². The second kappa shape index (κ2) is 4.23. The van der Waals surface area contributed by atoms with Gasteiger partial charge < -0.3 is 15.2 Å². The minimum Gasteiger partial charge on any atom is -0.369 e. The Morgan fingerprint density at radius 1 is 1.21 bits per heavy atom. The number of pyridine rings is 1. The lowest BCUT2D eigenvalue weighted by molar-refractivity contribution is 0.280. The molecule has 2 N–H and O–H groups in total. The van der Waals surface area contributed by atoms with Gasteiger partial charge in [-0.25, -0.2) is 4.98 Å². The van der Waals surface area contributed by atoms with Gasteiger partial charge in [0.1, 0.15) is 5.65 Å². The van der Waals surface area contributed by atoms with E-state index in [1.54, 1.807) is 0 Å². The first-order valence-electron chi connectivity index (χ1n) is 7.28. The molecule has 4 heterocycles. The van der Waals surface area contributed by atoms with Crippen LogP contribution in [-0.2, 0) is 0 Å². The van der Waals surface area contributed by atoms with Crippen molar-refractivity contribution in [1.29, 1.82) is 0 Å². The van der Waals surface area contributed by atoms with Gasteiger partial charge in [0.15, 0.2) is 0 Å². The van der Waals surface area contributed by atoms with E-state index in [1.165, 1.54) is 43.3 Å². The van der Waals surface area contributed by atoms with Crippen LogP contribution in [0.5, 0.6) is 0 Å². The molecule has 2 saturated heterocycles. The molecule has 0 unspecified atom stereocenters. The van der Waals surface area contributed by atoms with Crippen LogP contribution in [0.15, 0.2) is 24.5 Å². The monoisotopic (exact) mass is 256 g/mol. The molecule has 100 valence electrons. The molecule has 2 aromatic rings. The first-order valence-corrected chi connectivity index (χ1v) is 7.28. The average Bonchev–Trinajstić information content (AvgIpc) is 3.06. The second-order valence-electron chi connectivity index (χ2n) is 5.91. The molecule has 0 aromatic carbocycles. The van der Waals surface area contributed by atoms with Crippen molar-refractivity contribution in [2.24, 2.45) is 0 Å². The standard InChI is InChI=1S/C15H20N4/c1-2-7-18-15(5-1)6-10-19(11-15)13-4-9-17-14-12(13)3-8-16-14/h3-4,8-9,18H,1-2,5-7,10-11H2,(H,16,17)/t15-/m0/s1. The molecule has 2 aromatic heterocycles. The largest absolute Gasteiger partial charge is 0.369 e. The summed E-state index contributed by atoms with van der Waals surface area (Å²) in [7, 11) is 0. The van der Waals surface area contributed by atoms with Gasteiger partial charge in [-0.05, 0) is 37.9 Å². The van der Waals surface area contributed by atoms with E-state index in [2.05, 4.69) is 32.3 Å². The van der Waals surface area contributed by atoms with Gasteiger partial charge in [-0.3, -0.25) is 0 Å². The molecule has 4 heteroatoms. The van der Waals surface area contributed by atoms with Crippen molar-refractivity contribution >= 4 is 16.7 Å². The van der Waals surface area contributed by atoms with Gasteiger partial charge in [-0.15, -0.1) is 0 Å². The minimum absolute atomic E-state index is 0.365. The highest BCUT2D eigenvalue weighted by molar-refractivity contribution is 5.89. The lowest BCUT2D eigenvalue weighted by atomic mass is 9.88. The normalized spacial score (nSPS) is 27.5. The maximum absolute atomic E-state index is 4.38. The lowest BCUT2D eigenvalue weighted by Gasteiger charge is -2.35. The van der Waals surface area contributed by atoms with Gasteiger partial charge >= 0.3 is 0 Å². The smallest absolute Gasteiger partial charge is 0.139 e. The number of hydrogen-bond acceptors (Lipinski definition) is 3. The summed E-state index contributed by atoms with van der Waals surface area (Å²) in [5, 5.41) is 5.02. The number of H-pyrrole nitrogens is 1. The van der Waals surface area contributed by atoms with Gasteiger partial charge in [0.05, 0.1) is 0 Å². The molecular formula is C15H20N4. The SMILES string of the molecule is c1cc(N2CC[C@@]3(CCCCN3)C2)c2cc[nH]c2n1. The fraction of sp³-hybridized carbons (Fsp3) is 0.533. The Bertz CT molecular complexity index is 583. The zero-order valence-electron chi connectivity index (χ0n) is 11.2. The van der Waals surface area contributed by atoms with E-state index in [0.29, 0.717) is 5.54 Å². The third-order valence-electron chi connectivity index (χ3n) is 4.71. The molecule has 2 aliphatic heterocycles. The summed E-state index contributed by atoms with van der Waals surface area (Å²) >= 11 is 0. The van der Waals surface area contributed by atoms with E-state index < -0.39 is 0 Å². The first kappa shape index (κ1) is 11.3. The van der Waals surface area contributed by atoms with Crippen molar-refractivity contribution < 1.29 is 0 Å². The molecule has 0 aliphatic carbocycles. The summed E-state index contributed by atoms with van der Waals surface area (Å²) in [6, 6.07) is 4.29. The maximum atomic E-state index is 4.38. The molecule has 4 nitrogen and oxygen atoms in total. The Labute approximate surface area is 113 Å². The Morgan fingerprint density at radius 3 is 3.11 bits per heavy atom. The van der Waals surface area contributed by atoms with Crippen molar-refractivity contribution in [2.45, 2.75) is 31.2 Å². The zero-order valence-corrected chi connectivity index (χ0v) is 11.2. The van der Waals surface area contributed by atoms with E-state index in [4.69, 9.17) is 0 Å². The number of piperidine rings is 1. The van der Waals surface area contributed by atoms with Crippen molar-refractivity contribution in [2.75, 3.05) is 24.5 Å². The van der Waals surface area contributed by atoms with E-state index >= 15 is 0 Å². The molecule has 4 rings (SSSR count). The topological polar surface area (TPSA) is 44.0 Å². The van der Waals surface area contributed by atoms with Crippen LogP contribution in [0.1, 0.15) is 25.7 Å². The predicted octanol–water partition coefficient (Wildman–Crippen LogP) is 2.29. The predicted molar refractivity (Wildman–Crippen MR) is 77.5 cm³/mol. The van der Waals surface area contributed by atoms with Crippen LogP contribution in [0, 0.1) is 0 Å². The third kappa shape index (κ3) is 1.82. The highest BCUT2D eigenvalue weighted by Gasteiger charge is 2.39. The molecule has 1 atom stereocenters. The maximum Gasteiger partial charge on any atom is 0.139 e. The van der Waals surface area contributed by atoms with Gasteiger partial charge in [-0.1, -0.05) is 6.42 Å². The van der Waals surface area contributed by atoms with Crippen LogP contribution in [0.4, 0.5) is 5.69 Å². The molecular weight excluding hydrogens is 236 g/mol. The minimum atomic E-state index is 0.365. The fourth-order valence-electron chi connectivity index (χ4n) is 3.68. The number of aromatic nitrogens is 2. The van der Waals surface area contributed by atoms with E-state index in [0.717, 1.165) is 18.7 Å². The molecule has 0 radical (unpaired) electrons. The average molecular weight is 256 g/mol. The number of nitrogens with one attached hydrogen (secondary N) is 2. The summed E-state index contributed by atoms with van der Waals surface area (Å²) in [5.41, 5.74) is 2.69. The first-order chi connectivity index (χ1) is 9.36. The highest BCUT2D eigenvalue weighted by atomic mass is 15.2. The van der Waals surface area contributed by atoms with Crippen LogP contribution in [0.3, 0.4) is 0 Å². The Morgan fingerprint density at radius 2 is 2.21 bits per heavy atom. The number of anilines is 1. The molecule has 19 heavy (non-hydrogen) atoms. The van der Waals surface area contributed by atoms with Gasteiger partial charge in [0, 0.05) is 42.1 Å². The van der Waals surface area contributed by atoms with Crippen molar-refractivity contribution in [1.82, 2.24) is 15.3 Å². The molecule has 2 aliphatic rings. The summed E-state index contributed by atoms with van der Waals surface area (Å²) < 4.78 is 0. The second-order valence-corrected chi connectivity index (χ2v) is 5.91. The van der Waals surface area contributed by atoms with Crippen LogP contribution in [0.25, 0.3) is 11.0 Å².